The summed E-state index contributed by atoms with van der Waals surface area (Å²) < 4.78 is 5.91. The van der Waals surface area contributed by atoms with Crippen molar-refractivity contribution in [3.8, 4) is 0 Å². The van der Waals surface area contributed by atoms with Crippen LogP contribution < -0.4 is 5.32 Å². The zero-order chi connectivity index (χ0) is 13.0. The third kappa shape index (κ3) is 2.92. The number of nitrogens with one attached hydrogen (secondary N) is 1. The van der Waals surface area contributed by atoms with Crippen LogP contribution in [-0.4, -0.2) is 30.3 Å². The van der Waals surface area contributed by atoms with E-state index in [-0.39, 0.29) is 5.60 Å². The second-order valence-electron chi connectivity index (χ2n) is 5.15. The fourth-order valence-electron chi connectivity index (χ4n) is 3.07. The molecule has 102 valence electrons. The first kappa shape index (κ1) is 14.0. The van der Waals surface area contributed by atoms with Gasteiger partial charge in [0.2, 0.25) is 0 Å². The summed E-state index contributed by atoms with van der Waals surface area (Å²) in [5.41, 5.74) is 1.22. The highest BCUT2D eigenvalue weighted by atomic mass is 32.1. The topological polar surface area (TPSA) is 34.2 Å². The lowest BCUT2D eigenvalue weighted by Gasteiger charge is -2.36. The molecule has 0 spiro atoms. The molecule has 0 saturated heterocycles. The number of methoxy groups -OCH3 is 1. The van der Waals surface area contributed by atoms with Crippen LogP contribution in [0.1, 0.15) is 43.3 Å². The van der Waals surface area contributed by atoms with Crippen molar-refractivity contribution < 1.29 is 4.74 Å². The quantitative estimate of drug-likeness (QED) is 0.861. The normalized spacial score (nSPS) is 20.2. The Bertz CT molecular complexity index is 372. The van der Waals surface area contributed by atoms with E-state index in [1.165, 1.54) is 31.4 Å². The van der Waals surface area contributed by atoms with Gasteiger partial charge in [-0.15, -0.1) is 11.3 Å². The van der Waals surface area contributed by atoms with Gasteiger partial charge in [-0.05, 0) is 26.3 Å². The predicted molar refractivity (Wildman–Crippen MR) is 76.2 cm³/mol. The maximum absolute atomic E-state index is 5.91. The van der Waals surface area contributed by atoms with E-state index in [9.17, 15) is 0 Å². The lowest BCUT2D eigenvalue weighted by molar-refractivity contribution is -0.0353. The first-order valence-electron chi connectivity index (χ1n) is 6.90. The summed E-state index contributed by atoms with van der Waals surface area (Å²) in [4.78, 5) is 4.59. The average Bonchev–Trinajstić information content (AvgIpc) is 2.98. The molecule has 4 heteroatoms. The molecule has 0 radical (unpaired) electrons. The van der Waals surface area contributed by atoms with Crippen LogP contribution in [0, 0.1) is 6.92 Å². The average molecular weight is 268 g/mol. The van der Waals surface area contributed by atoms with Crippen LogP contribution in [0.25, 0.3) is 0 Å². The molecule has 1 heterocycles. The molecule has 1 aliphatic rings. The van der Waals surface area contributed by atoms with Crippen molar-refractivity contribution in [2.24, 2.45) is 0 Å². The second kappa shape index (κ2) is 6.13. The van der Waals surface area contributed by atoms with Gasteiger partial charge in [0.25, 0.3) is 0 Å². The minimum atomic E-state index is 0.0214. The molecule has 1 unspecified atom stereocenters. The zero-order valence-electron chi connectivity index (χ0n) is 11.7. The maximum atomic E-state index is 5.91. The highest BCUT2D eigenvalue weighted by Crippen LogP contribution is 2.36. The molecular weight excluding hydrogens is 244 g/mol. The Labute approximate surface area is 114 Å². The van der Waals surface area contributed by atoms with E-state index in [0.29, 0.717) is 6.04 Å². The molecule has 18 heavy (non-hydrogen) atoms. The molecule has 1 aliphatic carbocycles. The molecule has 2 rings (SSSR count). The molecule has 3 nitrogen and oxygen atoms in total. The predicted octanol–water partition coefficient (Wildman–Crippen LogP) is 2.93. The summed E-state index contributed by atoms with van der Waals surface area (Å²) in [5, 5.41) is 6.94. The largest absolute Gasteiger partial charge is 0.377 e. The fraction of sp³-hybridized carbons (Fsp3) is 0.786. The number of aryl methyl sites for hydroxylation is 1. The van der Waals surface area contributed by atoms with Crippen molar-refractivity contribution in [1.29, 1.82) is 0 Å². The molecule has 0 amide bonds. The Kier molecular flexibility index (Phi) is 4.76. The van der Waals surface area contributed by atoms with E-state index in [1.54, 1.807) is 11.3 Å². The van der Waals surface area contributed by atoms with Crippen molar-refractivity contribution in [3.05, 3.63) is 16.1 Å². The second-order valence-corrected chi connectivity index (χ2v) is 6.21. The summed E-state index contributed by atoms with van der Waals surface area (Å²) in [6.07, 6.45) is 5.89. The van der Waals surface area contributed by atoms with E-state index in [2.05, 4.69) is 29.5 Å². The van der Waals surface area contributed by atoms with Gasteiger partial charge >= 0.3 is 0 Å². The first-order chi connectivity index (χ1) is 8.70. The minimum Gasteiger partial charge on any atom is -0.377 e. The van der Waals surface area contributed by atoms with Gasteiger partial charge in [0, 0.05) is 25.0 Å². The Morgan fingerprint density at radius 1 is 1.50 bits per heavy atom. The molecule has 1 fully saturated rings. The van der Waals surface area contributed by atoms with Gasteiger partial charge in [-0.2, -0.15) is 0 Å². The Balaban J connectivity index is 2.11. The molecule has 0 aromatic carbocycles. The molecule has 1 aromatic heterocycles. The summed E-state index contributed by atoms with van der Waals surface area (Å²) >= 11 is 1.73. The molecule has 1 N–H and O–H groups in total. The van der Waals surface area contributed by atoms with Gasteiger partial charge in [-0.3, -0.25) is 0 Å². The molecule has 1 aromatic rings. The number of ether oxygens (including phenoxy) is 1. The van der Waals surface area contributed by atoms with Crippen LogP contribution in [0.15, 0.2) is 5.38 Å². The number of hydrogen-bond acceptors (Lipinski definition) is 4. The van der Waals surface area contributed by atoms with Crippen LogP contribution in [0.2, 0.25) is 0 Å². The zero-order valence-corrected chi connectivity index (χ0v) is 12.5. The van der Waals surface area contributed by atoms with Crippen molar-refractivity contribution in [3.63, 3.8) is 0 Å². The minimum absolute atomic E-state index is 0.0214. The molecule has 1 atom stereocenters. The third-order valence-corrected chi connectivity index (χ3v) is 4.84. The Morgan fingerprint density at radius 2 is 2.22 bits per heavy atom. The smallest absolute Gasteiger partial charge is 0.0897 e. The standard InChI is InChI=1S/C14H24N2OS/c1-4-15-13(9-12-10-18-11(2)16-12)14(17-3)7-5-6-8-14/h10,13,15H,4-9H2,1-3H3. The fourth-order valence-corrected chi connectivity index (χ4v) is 3.70. The van der Waals surface area contributed by atoms with Crippen LogP contribution in [0.3, 0.4) is 0 Å². The number of hydrogen-bond donors (Lipinski definition) is 1. The third-order valence-electron chi connectivity index (χ3n) is 4.02. The number of thiazole rings is 1. The van der Waals surface area contributed by atoms with Gasteiger partial charge < -0.3 is 10.1 Å². The van der Waals surface area contributed by atoms with Gasteiger partial charge in [-0.25, -0.2) is 4.98 Å². The lowest BCUT2D eigenvalue weighted by Crippen LogP contribution is -2.51. The maximum Gasteiger partial charge on any atom is 0.0897 e. The van der Waals surface area contributed by atoms with Gasteiger partial charge in [0.05, 0.1) is 16.3 Å². The van der Waals surface area contributed by atoms with Gasteiger partial charge in [-0.1, -0.05) is 19.8 Å². The van der Waals surface area contributed by atoms with Crippen LogP contribution in [0.4, 0.5) is 0 Å². The monoisotopic (exact) mass is 268 g/mol. The van der Waals surface area contributed by atoms with Crippen LogP contribution in [-0.2, 0) is 11.2 Å². The van der Waals surface area contributed by atoms with E-state index in [4.69, 9.17) is 4.74 Å². The molecule has 0 bridgehead atoms. The lowest BCUT2D eigenvalue weighted by atomic mass is 9.88. The van der Waals surface area contributed by atoms with E-state index in [1.807, 2.05) is 7.11 Å². The van der Waals surface area contributed by atoms with E-state index in [0.717, 1.165) is 18.0 Å². The van der Waals surface area contributed by atoms with Crippen molar-refractivity contribution in [1.82, 2.24) is 10.3 Å². The van der Waals surface area contributed by atoms with Crippen molar-refractivity contribution in [2.45, 2.75) is 57.6 Å². The van der Waals surface area contributed by atoms with Crippen LogP contribution in [0.5, 0.6) is 0 Å². The summed E-state index contributed by atoms with van der Waals surface area (Å²) in [6, 6.07) is 0.386. The van der Waals surface area contributed by atoms with Crippen molar-refractivity contribution >= 4 is 11.3 Å². The molecular formula is C14H24N2OS. The number of likely N-dealkylation sites (N-methyl/N-ethyl adjacent to an activating group) is 1. The molecule has 1 saturated carbocycles. The molecule has 0 aliphatic heterocycles. The number of nitrogens with zero attached hydrogens (tertiary/aromatic N) is 1. The Morgan fingerprint density at radius 3 is 2.72 bits per heavy atom. The summed E-state index contributed by atoms with van der Waals surface area (Å²) in [5.74, 6) is 0. The first-order valence-corrected chi connectivity index (χ1v) is 7.77. The van der Waals surface area contributed by atoms with E-state index >= 15 is 0 Å². The Hall–Kier alpha value is -0.450. The SMILES string of the molecule is CCNC(Cc1csc(C)n1)C1(OC)CCCC1. The highest BCUT2D eigenvalue weighted by Gasteiger charge is 2.41. The number of rotatable bonds is 6. The van der Waals surface area contributed by atoms with Crippen LogP contribution >= 0.6 is 11.3 Å². The van der Waals surface area contributed by atoms with Crippen molar-refractivity contribution in [2.75, 3.05) is 13.7 Å². The summed E-state index contributed by atoms with van der Waals surface area (Å²) in [6.45, 7) is 5.22. The van der Waals surface area contributed by atoms with Gasteiger partial charge in [0.15, 0.2) is 0 Å². The van der Waals surface area contributed by atoms with E-state index < -0.39 is 0 Å². The number of aromatic nitrogens is 1. The van der Waals surface area contributed by atoms with Gasteiger partial charge in [0.1, 0.15) is 0 Å². The highest BCUT2D eigenvalue weighted by molar-refractivity contribution is 7.09. The summed E-state index contributed by atoms with van der Waals surface area (Å²) in [7, 11) is 1.86.